The number of aromatic nitrogens is 1. The summed E-state index contributed by atoms with van der Waals surface area (Å²) in [5.74, 6) is -0.134. The zero-order chi connectivity index (χ0) is 15.6. The molecule has 1 aromatic rings. The summed E-state index contributed by atoms with van der Waals surface area (Å²) < 4.78 is 39.8. The standard InChI is InChI=1S/C12H14BrF3N4O/c13-7-5-9(12(14,15)16)11(18-6-7)20(8-1-2-8)4-3-10(17)19-21/h5-6,8,21H,1-4H2,(H2,17,19). The van der Waals surface area contributed by atoms with E-state index in [1.807, 2.05) is 0 Å². The van der Waals surface area contributed by atoms with Crippen LogP contribution < -0.4 is 10.6 Å². The average molecular weight is 367 g/mol. The molecule has 0 amide bonds. The lowest BCUT2D eigenvalue weighted by Gasteiger charge is -2.26. The second-order valence-electron chi connectivity index (χ2n) is 4.79. The van der Waals surface area contributed by atoms with E-state index in [1.165, 1.54) is 6.20 Å². The molecule has 1 aromatic heterocycles. The summed E-state index contributed by atoms with van der Waals surface area (Å²) in [6, 6.07) is 1.03. The molecule has 5 nitrogen and oxygen atoms in total. The molecule has 9 heteroatoms. The molecule has 0 bridgehead atoms. The number of alkyl halides is 3. The molecule has 0 atom stereocenters. The Bertz CT molecular complexity index is 546. The number of nitrogens with zero attached hydrogens (tertiary/aromatic N) is 3. The molecule has 0 aliphatic heterocycles. The van der Waals surface area contributed by atoms with Gasteiger partial charge in [-0.3, -0.25) is 0 Å². The maximum Gasteiger partial charge on any atom is 0.419 e. The Morgan fingerprint density at radius 2 is 2.19 bits per heavy atom. The van der Waals surface area contributed by atoms with E-state index in [2.05, 4.69) is 26.1 Å². The SMILES string of the molecule is NC(CCN(c1ncc(Br)cc1C(F)(F)F)C1CC1)=NO. The number of halogens is 4. The maximum absolute atomic E-state index is 13.2. The van der Waals surface area contributed by atoms with Gasteiger partial charge < -0.3 is 15.8 Å². The molecule has 2 rings (SSSR count). The Morgan fingerprint density at radius 1 is 1.52 bits per heavy atom. The summed E-state index contributed by atoms with van der Waals surface area (Å²) in [7, 11) is 0. The van der Waals surface area contributed by atoms with Crippen LogP contribution in [0, 0.1) is 0 Å². The fourth-order valence-electron chi connectivity index (χ4n) is 2.00. The first-order valence-corrected chi connectivity index (χ1v) is 7.08. The number of amidine groups is 1. The molecule has 1 aliphatic rings. The van der Waals surface area contributed by atoms with Crippen LogP contribution in [0.2, 0.25) is 0 Å². The summed E-state index contributed by atoms with van der Waals surface area (Å²) in [5, 5.41) is 11.4. The topological polar surface area (TPSA) is 74.7 Å². The van der Waals surface area contributed by atoms with Gasteiger partial charge in [-0.2, -0.15) is 13.2 Å². The van der Waals surface area contributed by atoms with Gasteiger partial charge in [0.05, 0.1) is 5.56 Å². The lowest BCUT2D eigenvalue weighted by molar-refractivity contribution is -0.137. The number of hydrogen-bond donors (Lipinski definition) is 2. The first kappa shape index (κ1) is 15.9. The van der Waals surface area contributed by atoms with Gasteiger partial charge in [0.25, 0.3) is 0 Å². The third kappa shape index (κ3) is 3.99. The summed E-state index contributed by atoms with van der Waals surface area (Å²) in [6.45, 7) is 0.221. The van der Waals surface area contributed by atoms with Gasteiger partial charge in [-0.15, -0.1) is 0 Å². The number of anilines is 1. The van der Waals surface area contributed by atoms with Crippen LogP contribution in [0.5, 0.6) is 0 Å². The van der Waals surface area contributed by atoms with Gasteiger partial charge in [-0.25, -0.2) is 4.98 Å². The number of oxime groups is 1. The van der Waals surface area contributed by atoms with Crippen molar-refractivity contribution in [3.63, 3.8) is 0 Å². The van der Waals surface area contributed by atoms with Crippen LogP contribution in [0.1, 0.15) is 24.8 Å². The third-order valence-corrected chi connectivity index (χ3v) is 3.57. The fraction of sp³-hybridized carbons (Fsp3) is 0.500. The Morgan fingerprint density at radius 3 is 2.71 bits per heavy atom. The van der Waals surface area contributed by atoms with Crippen LogP contribution in [0.4, 0.5) is 19.0 Å². The Labute approximate surface area is 127 Å². The smallest absolute Gasteiger partial charge is 0.409 e. The Hall–Kier alpha value is -1.51. The minimum atomic E-state index is -4.49. The highest BCUT2D eigenvalue weighted by atomic mass is 79.9. The molecule has 3 N–H and O–H groups in total. The molecule has 0 radical (unpaired) electrons. The molecule has 0 aromatic carbocycles. The molecule has 1 fully saturated rings. The van der Waals surface area contributed by atoms with Crippen molar-refractivity contribution in [3.8, 4) is 0 Å². The van der Waals surface area contributed by atoms with Gasteiger partial charge in [0.15, 0.2) is 0 Å². The van der Waals surface area contributed by atoms with E-state index >= 15 is 0 Å². The highest BCUT2D eigenvalue weighted by molar-refractivity contribution is 9.10. The lowest BCUT2D eigenvalue weighted by atomic mass is 10.2. The van der Waals surface area contributed by atoms with E-state index in [9.17, 15) is 13.2 Å². The van der Waals surface area contributed by atoms with E-state index in [4.69, 9.17) is 10.9 Å². The normalized spacial score (nSPS) is 16.1. The number of nitrogens with two attached hydrogens (primary N) is 1. The highest BCUT2D eigenvalue weighted by Gasteiger charge is 2.39. The van der Waals surface area contributed by atoms with Crippen molar-refractivity contribution in [2.24, 2.45) is 10.9 Å². The molecule has 21 heavy (non-hydrogen) atoms. The Balaban J connectivity index is 2.32. The van der Waals surface area contributed by atoms with E-state index in [0.717, 1.165) is 18.9 Å². The van der Waals surface area contributed by atoms with Crippen LogP contribution in [0.3, 0.4) is 0 Å². The van der Waals surface area contributed by atoms with Gasteiger partial charge in [0.2, 0.25) is 0 Å². The average Bonchev–Trinajstić information content (AvgIpc) is 3.23. The number of pyridine rings is 1. The van der Waals surface area contributed by atoms with Crippen LogP contribution in [-0.2, 0) is 6.18 Å². The van der Waals surface area contributed by atoms with Crippen LogP contribution in [0.15, 0.2) is 21.9 Å². The molecule has 1 saturated carbocycles. The second-order valence-corrected chi connectivity index (χ2v) is 5.70. The van der Waals surface area contributed by atoms with Crippen LogP contribution in [-0.4, -0.2) is 28.6 Å². The molecular formula is C12H14BrF3N4O. The molecular weight excluding hydrogens is 353 g/mol. The van der Waals surface area contributed by atoms with Crippen molar-refractivity contribution in [2.75, 3.05) is 11.4 Å². The number of rotatable bonds is 5. The predicted molar refractivity (Wildman–Crippen MR) is 75.3 cm³/mol. The fourth-order valence-corrected chi connectivity index (χ4v) is 2.33. The molecule has 0 spiro atoms. The van der Waals surface area contributed by atoms with Gasteiger partial charge in [-0.05, 0) is 34.8 Å². The summed E-state index contributed by atoms with van der Waals surface area (Å²) in [6.07, 6.45) is -1.36. The molecule has 116 valence electrons. The zero-order valence-corrected chi connectivity index (χ0v) is 12.5. The van der Waals surface area contributed by atoms with Crippen molar-refractivity contribution >= 4 is 27.6 Å². The zero-order valence-electron chi connectivity index (χ0n) is 10.9. The quantitative estimate of drug-likeness (QED) is 0.363. The van der Waals surface area contributed by atoms with Crippen LogP contribution >= 0.6 is 15.9 Å². The summed E-state index contributed by atoms with van der Waals surface area (Å²) in [5.41, 5.74) is 4.60. The Kier molecular flexibility index (Phi) is 4.60. The van der Waals surface area contributed by atoms with E-state index < -0.39 is 11.7 Å². The second kappa shape index (κ2) is 6.08. The van der Waals surface area contributed by atoms with Crippen molar-refractivity contribution in [1.29, 1.82) is 0 Å². The first-order chi connectivity index (χ1) is 9.82. The molecule has 1 heterocycles. The predicted octanol–water partition coefficient (Wildman–Crippen LogP) is 2.97. The molecule has 0 saturated heterocycles. The van der Waals surface area contributed by atoms with E-state index in [-0.39, 0.29) is 35.1 Å². The van der Waals surface area contributed by atoms with Crippen molar-refractivity contribution in [3.05, 3.63) is 22.3 Å². The van der Waals surface area contributed by atoms with E-state index in [1.54, 1.807) is 4.90 Å². The van der Waals surface area contributed by atoms with Crippen molar-refractivity contribution < 1.29 is 18.4 Å². The van der Waals surface area contributed by atoms with Gasteiger partial charge in [0, 0.05) is 29.7 Å². The molecule has 1 aliphatic carbocycles. The lowest BCUT2D eigenvalue weighted by Crippen LogP contribution is -2.32. The van der Waals surface area contributed by atoms with Gasteiger partial charge >= 0.3 is 6.18 Å². The first-order valence-electron chi connectivity index (χ1n) is 6.28. The van der Waals surface area contributed by atoms with Crippen molar-refractivity contribution in [2.45, 2.75) is 31.5 Å². The van der Waals surface area contributed by atoms with Crippen LogP contribution in [0.25, 0.3) is 0 Å². The highest BCUT2D eigenvalue weighted by Crippen LogP contribution is 2.40. The van der Waals surface area contributed by atoms with Gasteiger partial charge in [-0.1, -0.05) is 5.16 Å². The largest absolute Gasteiger partial charge is 0.419 e. The summed E-state index contributed by atoms with van der Waals surface area (Å²) >= 11 is 3.01. The minimum absolute atomic E-state index is 0.0197. The monoisotopic (exact) mass is 366 g/mol. The minimum Gasteiger partial charge on any atom is -0.409 e. The molecule has 0 unspecified atom stereocenters. The van der Waals surface area contributed by atoms with Crippen molar-refractivity contribution in [1.82, 2.24) is 4.98 Å². The van der Waals surface area contributed by atoms with Gasteiger partial charge in [0.1, 0.15) is 11.7 Å². The van der Waals surface area contributed by atoms with E-state index in [0.29, 0.717) is 0 Å². The maximum atomic E-state index is 13.2. The summed E-state index contributed by atoms with van der Waals surface area (Å²) in [4.78, 5) is 5.50. The third-order valence-electron chi connectivity index (χ3n) is 3.14. The number of hydrogen-bond acceptors (Lipinski definition) is 4.